The predicted molar refractivity (Wildman–Crippen MR) is 31.9 cm³/mol. The molecule has 0 unspecified atom stereocenters. The second kappa shape index (κ2) is 2.30. The molecule has 1 rings (SSSR count). The summed E-state index contributed by atoms with van der Waals surface area (Å²) in [5.41, 5.74) is -0.595. The number of rotatable bonds is 0. The normalized spacial score (nSPS) is 9.20. The van der Waals surface area contributed by atoms with Gasteiger partial charge in [-0.3, -0.25) is 4.79 Å². The minimum absolute atomic E-state index is 0.500. The van der Waals surface area contributed by atoms with Gasteiger partial charge in [-0.05, 0) is 0 Å². The highest BCUT2D eigenvalue weighted by atomic mass is 16.4. The predicted octanol–water partition coefficient (Wildman–Crippen LogP) is -0.231. The van der Waals surface area contributed by atoms with Crippen LogP contribution in [0.1, 0.15) is 0 Å². The van der Waals surface area contributed by atoms with Gasteiger partial charge < -0.3 is 5.11 Å². The van der Waals surface area contributed by atoms with Crippen molar-refractivity contribution in [3.05, 3.63) is 28.9 Å². The topological polar surface area (TPSA) is 72.2 Å². The molecule has 10 heavy (non-hydrogen) atoms. The van der Waals surface area contributed by atoms with Crippen LogP contribution in [0.3, 0.4) is 0 Å². The molecule has 0 saturated heterocycles. The molecule has 1 aromatic heterocycles. The number of nitrogens with zero attached hydrogens (tertiary/aromatic N) is 2. The van der Waals surface area contributed by atoms with E-state index in [4.69, 9.17) is 5.11 Å². The maximum absolute atomic E-state index is 10.6. The van der Waals surface area contributed by atoms with E-state index in [-0.39, 0.29) is 0 Å². The van der Waals surface area contributed by atoms with E-state index in [1.165, 1.54) is 6.20 Å². The summed E-state index contributed by atoms with van der Waals surface area (Å²) in [7, 11) is 0. The second-order valence-corrected chi connectivity index (χ2v) is 1.57. The van der Waals surface area contributed by atoms with Crippen molar-refractivity contribution in [2.75, 3.05) is 0 Å². The van der Waals surface area contributed by atoms with Gasteiger partial charge in [0.15, 0.2) is 0 Å². The van der Waals surface area contributed by atoms with Gasteiger partial charge in [0.1, 0.15) is 6.33 Å². The molecule has 0 radical (unpaired) electrons. The van der Waals surface area contributed by atoms with Gasteiger partial charge in [0.25, 0.3) is 5.56 Å². The van der Waals surface area contributed by atoms with Gasteiger partial charge in [-0.1, -0.05) is 0 Å². The summed E-state index contributed by atoms with van der Waals surface area (Å²) in [5, 5.41) is 8.29. The summed E-state index contributed by atoms with van der Waals surface area (Å²) in [6.45, 7) is 0. The zero-order valence-electron chi connectivity index (χ0n) is 4.89. The Kier molecular flexibility index (Phi) is 1.49. The van der Waals surface area contributed by atoms with E-state index in [1.807, 2.05) is 0 Å². The average Bonchev–Trinajstić information content (AvgIpc) is 1.88. The Hall–Kier alpha value is -1.65. The Morgan fingerprint density at radius 2 is 2.40 bits per heavy atom. The SMILES string of the molecule is O=C(O)n1cnccc1=O. The molecule has 0 aliphatic heterocycles. The summed E-state index contributed by atoms with van der Waals surface area (Å²) in [4.78, 5) is 24.2. The highest BCUT2D eigenvalue weighted by Gasteiger charge is 1.99. The summed E-state index contributed by atoms with van der Waals surface area (Å²) in [5.74, 6) is 0. The Bertz CT molecular complexity index is 304. The summed E-state index contributed by atoms with van der Waals surface area (Å²) in [6.07, 6.45) is 0.866. The summed E-state index contributed by atoms with van der Waals surface area (Å²) in [6, 6.07) is 1.08. The first-order valence-corrected chi connectivity index (χ1v) is 2.48. The van der Waals surface area contributed by atoms with Gasteiger partial charge in [0.2, 0.25) is 0 Å². The molecular weight excluding hydrogens is 136 g/mol. The van der Waals surface area contributed by atoms with Crippen molar-refractivity contribution in [2.45, 2.75) is 0 Å². The molecule has 0 aliphatic carbocycles. The van der Waals surface area contributed by atoms with E-state index in [0.717, 1.165) is 12.4 Å². The minimum atomic E-state index is -1.32. The molecule has 0 aliphatic rings. The van der Waals surface area contributed by atoms with Crippen LogP contribution in [-0.2, 0) is 0 Å². The van der Waals surface area contributed by atoms with Crippen LogP contribution in [0.25, 0.3) is 0 Å². The first-order valence-electron chi connectivity index (χ1n) is 2.48. The van der Waals surface area contributed by atoms with E-state index in [1.54, 1.807) is 0 Å². The lowest BCUT2D eigenvalue weighted by atomic mass is 10.6. The first kappa shape index (κ1) is 6.47. The molecule has 0 atom stereocenters. The third-order valence-electron chi connectivity index (χ3n) is 0.929. The van der Waals surface area contributed by atoms with Crippen LogP contribution in [0.4, 0.5) is 4.79 Å². The summed E-state index contributed by atoms with van der Waals surface area (Å²) >= 11 is 0. The number of aromatic nitrogens is 2. The minimum Gasteiger partial charge on any atom is -0.464 e. The molecule has 1 aromatic rings. The van der Waals surface area contributed by atoms with Gasteiger partial charge in [0.05, 0.1) is 0 Å². The molecule has 52 valence electrons. The monoisotopic (exact) mass is 140 g/mol. The van der Waals surface area contributed by atoms with Crippen molar-refractivity contribution in [1.82, 2.24) is 9.55 Å². The van der Waals surface area contributed by atoms with Crippen molar-refractivity contribution >= 4 is 6.09 Å². The van der Waals surface area contributed by atoms with Crippen molar-refractivity contribution in [3.63, 3.8) is 0 Å². The van der Waals surface area contributed by atoms with Gasteiger partial charge >= 0.3 is 6.09 Å². The molecule has 0 bridgehead atoms. The van der Waals surface area contributed by atoms with Crippen LogP contribution < -0.4 is 5.56 Å². The lowest BCUT2D eigenvalue weighted by Crippen LogP contribution is -2.24. The Balaban J connectivity index is 3.29. The van der Waals surface area contributed by atoms with Crippen molar-refractivity contribution in [3.8, 4) is 0 Å². The fourth-order valence-electron chi connectivity index (χ4n) is 0.493. The van der Waals surface area contributed by atoms with Crippen LogP contribution in [0, 0.1) is 0 Å². The molecule has 0 fully saturated rings. The molecule has 1 N–H and O–H groups in total. The van der Waals surface area contributed by atoms with E-state index in [0.29, 0.717) is 4.57 Å². The lowest BCUT2D eigenvalue weighted by molar-refractivity contribution is 0.195. The smallest absolute Gasteiger partial charge is 0.419 e. The molecule has 5 nitrogen and oxygen atoms in total. The fraction of sp³-hybridized carbons (Fsp3) is 0. The Morgan fingerprint density at radius 1 is 1.70 bits per heavy atom. The zero-order chi connectivity index (χ0) is 7.56. The molecule has 0 amide bonds. The fourth-order valence-corrected chi connectivity index (χ4v) is 0.493. The average molecular weight is 140 g/mol. The quantitative estimate of drug-likeness (QED) is 0.540. The van der Waals surface area contributed by atoms with Crippen LogP contribution in [0.15, 0.2) is 23.4 Å². The second-order valence-electron chi connectivity index (χ2n) is 1.57. The van der Waals surface area contributed by atoms with Crippen molar-refractivity contribution in [1.29, 1.82) is 0 Å². The van der Waals surface area contributed by atoms with Crippen LogP contribution in [0.2, 0.25) is 0 Å². The van der Waals surface area contributed by atoms with Crippen LogP contribution >= 0.6 is 0 Å². The van der Waals surface area contributed by atoms with Gasteiger partial charge in [-0.25, -0.2) is 14.3 Å². The molecule has 0 spiro atoms. The number of carboxylic acid groups (broad SMARTS) is 1. The van der Waals surface area contributed by atoms with Gasteiger partial charge in [0, 0.05) is 12.3 Å². The molecular formula is C5H4N2O3. The molecule has 1 heterocycles. The number of hydrogen-bond acceptors (Lipinski definition) is 3. The first-order chi connectivity index (χ1) is 4.72. The van der Waals surface area contributed by atoms with Crippen LogP contribution in [0.5, 0.6) is 0 Å². The van der Waals surface area contributed by atoms with Gasteiger partial charge in [-0.15, -0.1) is 0 Å². The third kappa shape index (κ3) is 1.02. The zero-order valence-corrected chi connectivity index (χ0v) is 4.89. The largest absolute Gasteiger partial charge is 0.464 e. The third-order valence-corrected chi connectivity index (χ3v) is 0.929. The molecule has 5 heteroatoms. The highest BCUT2D eigenvalue weighted by Crippen LogP contribution is 1.74. The van der Waals surface area contributed by atoms with Crippen LogP contribution in [-0.4, -0.2) is 20.8 Å². The summed E-state index contributed by atoms with van der Waals surface area (Å²) < 4.78 is 0.500. The maximum atomic E-state index is 10.6. The van der Waals surface area contributed by atoms with Crippen molar-refractivity contribution < 1.29 is 9.90 Å². The van der Waals surface area contributed by atoms with E-state index in [9.17, 15) is 9.59 Å². The molecule has 0 saturated carbocycles. The molecule has 0 aromatic carbocycles. The Morgan fingerprint density at radius 3 is 2.80 bits per heavy atom. The van der Waals surface area contributed by atoms with E-state index < -0.39 is 11.7 Å². The maximum Gasteiger partial charge on any atom is 0.419 e. The van der Waals surface area contributed by atoms with E-state index >= 15 is 0 Å². The number of carbonyl (C=O) groups is 1. The van der Waals surface area contributed by atoms with Gasteiger partial charge in [-0.2, -0.15) is 0 Å². The highest BCUT2D eigenvalue weighted by molar-refractivity contribution is 5.67. The number of hydrogen-bond donors (Lipinski definition) is 1. The van der Waals surface area contributed by atoms with E-state index in [2.05, 4.69) is 4.98 Å². The van der Waals surface area contributed by atoms with Crippen molar-refractivity contribution in [2.24, 2.45) is 0 Å². The Labute approximate surface area is 55.6 Å². The standard InChI is InChI=1S/C5H4N2O3/c8-4-1-2-6-3-7(4)5(9)10/h1-3H,(H,9,10). The lowest BCUT2D eigenvalue weighted by Gasteiger charge is -1.92.